The molecule has 0 fully saturated rings. The van der Waals surface area contributed by atoms with Crippen LogP contribution < -0.4 is 5.32 Å². The van der Waals surface area contributed by atoms with Gasteiger partial charge in [-0.1, -0.05) is 23.8 Å². The van der Waals surface area contributed by atoms with Crippen molar-refractivity contribution in [3.8, 4) is 6.07 Å². The van der Waals surface area contributed by atoms with Gasteiger partial charge in [-0.25, -0.2) is 0 Å². The summed E-state index contributed by atoms with van der Waals surface area (Å²) >= 11 is 8.97. The maximum Gasteiger partial charge on any atom is 0.215 e. The van der Waals surface area contributed by atoms with Crippen LogP contribution in [0.1, 0.15) is 27.2 Å². The number of nitrogens with zero attached hydrogens (tertiary/aromatic N) is 1. The first-order chi connectivity index (χ1) is 12.1. The van der Waals surface area contributed by atoms with E-state index < -0.39 is 0 Å². The number of allylic oxidation sites excluding steroid dienone is 2. The van der Waals surface area contributed by atoms with Crippen molar-refractivity contribution in [3.63, 3.8) is 0 Å². The monoisotopic (exact) mass is 386 g/mol. The summed E-state index contributed by atoms with van der Waals surface area (Å²) < 4.78 is 1.12. The summed E-state index contributed by atoms with van der Waals surface area (Å²) in [5.74, 6) is -0.221. The standard InChI is InChI=1S/C19H15ClN2OS2/c1-24-19-16-5-3-2-4-15(16)18(25-19)17(23)12(10-21)11-22-14-8-6-13(20)7-9-14/h3,5-9,11,22H,2,4H2,1H3. The number of hydrogen-bond donors (Lipinski definition) is 1. The van der Waals surface area contributed by atoms with Gasteiger partial charge in [0.05, 0.1) is 9.09 Å². The fourth-order valence-electron chi connectivity index (χ4n) is 2.61. The molecule has 0 saturated carbocycles. The molecular formula is C19H15ClN2OS2. The molecule has 2 aromatic rings. The first-order valence-electron chi connectivity index (χ1n) is 7.67. The number of rotatable bonds is 5. The van der Waals surface area contributed by atoms with Crippen molar-refractivity contribution >= 4 is 52.2 Å². The quantitative estimate of drug-likeness (QED) is 0.306. The molecule has 0 atom stereocenters. The zero-order valence-corrected chi connectivity index (χ0v) is 15.9. The summed E-state index contributed by atoms with van der Waals surface area (Å²) in [4.78, 5) is 13.6. The van der Waals surface area contributed by atoms with E-state index in [1.54, 1.807) is 36.0 Å². The van der Waals surface area contributed by atoms with Crippen molar-refractivity contribution in [2.24, 2.45) is 0 Å². The van der Waals surface area contributed by atoms with Crippen LogP contribution in [-0.4, -0.2) is 12.0 Å². The third kappa shape index (κ3) is 3.82. The molecule has 3 rings (SSSR count). The molecule has 6 heteroatoms. The van der Waals surface area contributed by atoms with Gasteiger partial charge in [-0.2, -0.15) is 5.26 Å². The van der Waals surface area contributed by atoms with Gasteiger partial charge in [-0.15, -0.1) is 23.1 Å². The second-order valence-electron chi connectivity index (χ2n) is 5.41. The predicted octanol–water partition coefficient (Wildman–Crippen LogP) is 5.79. The fourth-order valence-corrected chi connectivity index (χ4v) is 4.75. The first-order valence-corrected chi connectivity index (χ1v) is 10.1. The Bertz CT molecular complexity index is 905. The lowest BCUT2D eigenvalue weighted by atomic mass is 9.97. The van der Waals surface area contributed by atoms with Gasteiger partial charge >= 0.3 is 0 Å². The van der Waals surface area contributed by atoms with Gasteiger partial charge in [0.25, 0.3) is 0 Å². The third-order valence-corrected chi connectivity index (χ3v) is 6.48. The smallest absolute Gasteiger partial charge is 0.215 e. The predicted molar refractivity (Wildman–Crippen MR) is 107 cm³/mol. The van der Waals surface area contributed by atoms with Gasteiger partial charge in [0, 0.05) is 22.5 Å². The molecule has 1 aromatic heterocycles. The number of nitrogens with one attached hydrogen (secondary N) is 1. The molecule has 0 unspecified atom stereocenters. The SMILES string of the molecule is CSc1sc(C(=O)C(C#N)=CNc2ccc(Cl)cc2)c2c1C=CCC2. The number of hydrogen-bond acceptors (Lipinski definition) is 5. The number of nitriles is 1. The number of ketones is 1. The normalized spacial score (nSPS) is 13.2. The average molecular weight is 387 g/mol. The number of thioether (sulfide) groups is 1. The number of carbonyl (C=O) groups excluding carboxylic acids is 1. The largest absolute Gasteiger partial charge is 0.360 e. The number of anilines is 1. The van der Waals surface area contributed by atoms with Gasteiger partial charge in [-0.05, 0) is 48.9 Å². The zero-order chi connectivity index (χ0) is 17.8. The molecule has 1 heterocycles. The van der Waals surface area contributed by atoms with Crippen LogP contribution in [-0.2, 0) is 6.42 Å². The summed E-state index contributed by atoms with van der Waals surface area (Å²) in [6, 6.07) is 9.10. The van der Waals surface area contributed by atoms with Crippen molar-refractivity contribution in [3.05, 3.63) is 63.1 Å². The van der Waals surface area contributed by atoms with Gasteiger partial charge < -0.3 is 5.32 Å². The molecule has 0 saturated heterocycles. The Morgan fingerprint density at radius 1 is 1.40 bits per heavy atom. The molecule has 0 radical (unpaired) electrons. The third-order valence-electron chi connectivity index (χ3n) is 3.84. The highest BCUT2D eigenvalue weighted by Gasteiger charge is 2.24. The summed E-state index contributed by atoms with van der Waals surface area (Å²) in [6.45, 7) is 0. The molecule has 126 valence electrons. The van der Waals surface area contributed by atoms with Crippen LogP contribution in [0.4, 0.5) is 5.69 Å². The Morgan fingerprint density at radius 2 is 2.16 bits per heavy atom. The Kier molecular flexibility index (Phi) is 5.64. The van der Waals surface area contributed by atoms with Crippen molar-refractivity contribution in [1.82, 2.24) is 0 Å². The Hall–Kier alpha value is -2.00. The number of benzene rings is 1. The van der Waals surface area contributed by atoms with Crippen molar-refractivity contribution in [2.75, 3.05) is 11.6 Å². The van der Waals surface area contributed by atoms with E-state index in [4.69, 9.17) is 11.6 Å². The highest BCUT2D eigenvalue weighted by Crippen LogP contribution is 2.39. The van der Waals surface area contributed by atoms with Gasteiger partial charge in [0.15, 0.2) is 0 Å². The lowest BCUT2D eigenvalue weighted by Gasteiger charge is -2.08. The summed E-state index contributed by atoms with van der Waals surface area (Å²) in [6.07, 6.45) is 9.45. The van der Waals surface area contributed by atoms with Gasteiger partial charge in [-0.3, -0.25) is 4.79 Å². The topological polar surface area (TPSA) is 52.9 Å². The van der Waals surface area contributed by atoms with Gasteiger partial charge in [0.1, 0.15) is 11.6 Å². The van der Waals surface area contributed by atoms with Crippen LogP contribution in [0.2, 0.25) is 5.02 Å². The number of fused-ring (bicyclic) bond motifs is 1. The molecule has 25 heavy (non-hydrogen) atoms. The molecule has 3 nitrogen and oxygen atoms in total. The lowest BCUT2D eigenvalue weighted by molar-refractivity contribution is 0.104. The number of thiophene rings is 1. The Balaban J connectivity index is 1.89. The summed E-state index contributed by atoms with van der Waals surface area (Å²) in [7, 11) is 0. The number of Topliss-reactive ketones (excluding diaryl/α,β-unsaturated/α-hetero) is 1. The van der Waals surface area contributed by atoms with Crippen LogP contribution in [0.5, 0.6) is 0 Å². The molecule has 0 spiro atoms. The summed E-state index contributed by atoms with van der Waals surface area (Å²) in [5, 5.41) is 13.1. The molecule has 0 aliphatic heterocycles. The minimum Gasteiger partial charge on any atom is -0.360 e. The first kappa shape index (κ1) is 17.8. The van der Waals surface area contributed by atoms with Crippen LogP contribution in [0.15, 0.2) is 46.3 Å². The molecule has 1 aliphatic rings. The second kappa shape index (κ2) is 7.92. The molecule has 1 aliphatic carbocycles. The Labute approximate surface area is 160 Å². The van der Waals surface area contributed by atoms with E-state index in [1.165, 1.54) is 17.5 Å². The highest BCUT2D eigenvalue weighted by molar-refractivity contribution is 8.00. The maximum absolute atomic E-state index is 12.9. The van der Waals surface area contributed by atoms with Crippen molar-refractivity contribution < 1.29 is 4.79 Å². The number of carbonyl (C=O) groups is 1. The van der Waals surface area contributed by atoms with Crippen molar-refractivity contribution in [2.45, 2.75) is 17.1 Å². The van der Waals surface area contributed by atoms with E-state index in [1.807, 2.05) is 12.3 Å². The van der Waals surface area contributed by atoms with Crippen LogP contribution in [0.3, 0.4) is 0 Å². The van der Waals surface area contributed by atoms with Crippen LogP contribution >= 0.6 is 34.7 Å². The van der Waals surface area contributed by atoms with Crippen molar-refractivity contribution in [1.29, 1.82) is 5.26 Å². The Morgan fingerprint density at radius 3 is 2.84 bits per heavy atom. The molecule has 1 aromatic carbocycles. The lowest BCUT2D eigenvalue weighted by Crippen LogP contribution is -2.06. The van der Waals surface area contributed by atoms with E-state index >= 15 is 0 Å². The molecule has 1 N–H and O–H groups in total. The minimum atomic E-state index is -0.221. The second-order valence-corrected chi connectivity index (χ2v) is 7.94. The van der Waals surface area contributed by atoms with E-state index in [9.17, 15) is 10.1 Å². The average Bonchev–Trinajstić information content (AvgIpc) is 3.02. The highest BCUT2D eigenvalue weighted by atomic mass is 35.5. The molecule has 0 amide bonds. The van der Waals surface area contributed by atoms with E-state index in [-0.39, 0.29) is 11.4 Å². The molecular weight excluding hydrogens is 372 g/mol. The number of halogens is 1. The van der Waals surface area contributed by atoms with E-state index in [0.717, 1.165) is 33.9 Å². The van der Waals surface area contributed by atoms with E-state index in [2.05, 4.69) is 17.5 Å². The summed E-state index contributed by atoms with van der Waals surface area (Å²) in [5.41, 5.74) is 3.07. The van der Waals surface area contributed by atoms with Gasteiger partial charge in [0.2, 0.25) is 5.78 Å². The maximum atomic E-state index is 12.9. The van der Waals surface area contributed by atoms with Crippen LogP contribution in [0.25, 0.3) is 6.08 Å². The fraction of sp³-hybridized carbons (Fsp3) is 0.158. The van der Waals surface area contributed by atoms with Crippen LogP contribution in [0, 0.1) is 11.3 Å². The zero-order valence-electron chi connectivity index (χ0n) is 13.5. The minimum absolute atomic E-state index is 0.0983. The molecule has 0 bridgehead atoms. The van der Waals surface area contributed by atoms with E-state index in [0.29, 0.717) is 9.90 Å².